The van der Waals surface area contributed by atoms with Crippen LogP contribution < -0.4 is 11.1 Å². The number of carbonyl (C=O) groups excluding carboxylic acids is 1. The zero-order valence-electron chi connectivity index (χ0n) is 11.7. The molecule has 0 radical (unpaired) electrons. The molecule has 0 saturated heterocycles. The van der Waals surface area contributed by atoms with Gasteiger partial charge in [0, 0.05) is 12.5 Å². The molecule has 0 aromatic heterocycles. The van der Waals surface area contributed by atoms with Gasteiger partial charge in [-0.25, -0.2) is 0 Å². The third kappa shape index (κ3) is 4.49. The lowest BCUT2D eigenvalue weighted by Crippen LogP contribution is -2.35. The second-order valence-corrected chi connectivity index (χ2v) is 5.32. The first-order valence-electron chi connectivity index (χ1n) is 6.51. The summed E-state index contributed by atoms with van der Waals surface area (Å²) in [6.07, 6.45) is 0.383. The summed E-state index contributed by atoms with van der Waals surface area (Å²) in [5.74, 6) is 0.343. The van der Waals surface area contributed by atoms with Crippen LogP contribution >= 0.6 is 0 Å². The van der Waals surface area contributed by atoms with Crippen LogP contribution in [0.25, 0.3) is 0 Å². The van der Waals surface area contributed by atoms with Gasteiger partial charge in [-0.15, -0.1) is 0 Å². The summed E-state index contributed by atoms with van der Waals surface area (Å²) in [6, 6.07) is 8.12. The Labute approximate surface area is 110 Å². The highest BCUT2D eigenvalue weighted by Crippen LogP contribution is 2.14. The van der Waals surface area contributed by atoms with E-state index in [-0.39, 0.29) is 18.0 Å². The Morgan fingerprint density at radius 1 is 1.33 bits per heavy atom. The Morgan fingerprint density at radius 2 is 2.00 bits per heavy atom. The van der Waals surface area contributed by atoms with E-state index in [0.29, 0.717) is 12.3 Å². The molecule has 1 aromatic carbocycles. The molecule has 0 bridgehead atoms. The highest BCUT2D eigenvalue weighted by molar-refractivity contribution is 5.77. The van der Waals surface area contributed by atoms with Crippen molar-refractivity contribution in [2.45, 2.75) is 46.2 Å². The summed E-state index contributed by atoms with van der Waals surface area (Å²) in [5, 5.41) is 2.99. The van der Waals surface area contributed by atoms with Crippen molar-refractivity contribution in [3.63, 3.8) is 0 Å². The van der Waals surface area contributed by atoms with E-state index in [2.05, 4.69) is 11.4 Å². The monoisotopic (exact) mass is 248 g/mol. The Kier molecular flexibility index (Phi) is 5.35. The van der Waals surface area contributed by atoms with E-state index in [1.54, 1.807) is 0 Å². The number of hydrogen-bond donors (Lipinski definition) is 2. The molecule has 0 aliphatic carbocycles. The van der Waals surface area contributed by atoms with Crippen LogP contribution in [0.1, 0.15) is 44.4 Å². The van der Waals surface area contributed by atoms with E-state index in [0.717, 1.165) is 5.56 Å². The van der Waals surface area contributed by atoms with E-state index < -0.39 is 0 Å². The van der Waals surface area contributed by atoms with E-state index in [9.17, 15) is 4.79 Å². The van der Waals surface area contributed by atoms with E-state index >= 15 is 0 Å². The minimum Gasteiger partial charge on any atom is -0.350 e. The fraction of sp³-hybridized carbons (Fsp3) is 0.533. The number of nitrogens with one attached hydrogen (secondary N) is 1. The first-order valence-corrected chi connectivity index (χ1v) is 6.51. The SMILES string of the molecule is Cc1cccc([C@H](C)NC(=O)CC(N)C(C)C)c1. The van der Waals surface area contributed by atoms with Gasteiger partial charge >= 0.3 is 0 Å². The lowest BCUT2D eigenvalue weighted by Gasteiger charge is -2.18. The Hall–Kier alpha value is -1.35. The molecule has 1 unspecified atom stereocenters. The number of rotatable bonds is 5. The first kappa shape index (κ1) is 14.7. The van der Waals surface area contributed by atoms with Crippen molar-refractivity contribution >= 4 is 5.91 Å². The van der Waals surface area contributed by atoms with Gasteiger partial charge in [0.25, 0.3) is 0 Å². The molecule has 0 heterocycles. The largest absolute Gasteiger partial charge is 0.350 e. The number of benzene rings is 1. The molecule has 1 aromatic rings. The van der Waals surface area contributed by atoms with Crippen molar-refractivity contribution < 1.29 is 4.79 Å². The summed E-state index contributed by atoms with van der Waals surface area (Å²) in [7, 11) is 0. The second kappa shape index (κ2) is 6.55. The van der Waals surface area contributed by atoms with Gasteiger partial charge < -0.3 is 11.1 Å². The molecule has 3 N–H and O–H groups in total. The fourth-order valence-electron chi connectivity index (χ4n) is 1.77. The van der Waals surface area contributed by atoms with Crippen LogP contribution in [-0.2, 0) is 4.79 Å². The molecular weight excluding hydrogens is 224 g/mol. The Bertz CT molecular complexity index is 401. The molecule has 0 aliphatic heterocycles. The number of carbonyl (C=O) groups is 1. The maximum absolute atomic E-state index is 11.8. The van der Waals surface area contributed by atoms with Gasteiger partial charge in [-0.1, -0.05) is 43.7 Å². The number of aryl methyl sites for hydroxylation is 1. The number of amides is 1. The van der Waals surface area contributed by atoms with Gasteiger partial charge in [-0.2, -0.15) is 0 Å². The molecule has 0 saturated carbocycles. The lowest BCUT2D eigenvalue weighted by molar-refractivity contribution is -0.122. The minimum atomic E-state index is -0.0743. The molecule has 1 amide bonds. The van der Waals surface area contributed by atoms with E-state index in [1.807, 2.05) is 45.9 Å². The normalized spacial score (nSPS) is 14.3. The van der Waals surface area contributed by atoms with Crippen molar-refractivity contribution in [3.8, 4) is 0 Å². The highest BCUT2D eigenvalue weighted by atomic mass is 16.1. The van der Waals surface area contributed by atoms with Crippen molar-refractivity contribution in [2.75, 3.05) is 0 Å². The summed E-state index contributed by atoms with van der Waals surface area (Å²) in [6.45, 7) is 8.10. The van der Waals surface area contributed by atoms with Crippen molar-refractivity contribution in [2.24, 2.45) is 11.7 Å². The Balaban J connectivity index is 2.54. The van der Waals surface area contributed by atoms with Crippen molar-refractivity contribution in [1.82, 2.24) is 5.32 Å². The third-order valence-electron chi connectivity index (χ3n) is 3.20. The number of nitrogens with two attached hydrogens (primary N) is 1. The predicted molar refractivity (Wildman–Crippen MR) is 75.2 cm³/mol. The van der Waals surface area contributed by atoms with Crippen LogP contribution in [0.3, 0.4) is 0 Å². The van der Waals surface area contributed by atoms with Gasteiger partial charge in [0.2, 0.25) is 5.91 Å². The average molecular weight is 248 g/mol. The average Bonchev–Trinajstić information content (AvgIpc) is 2.28. The molecule has 0 aliphatic rings. The van der Waals surface area contributed by atoms with Gasteiger partial charge in [-0.05, 0) is 25.3 Å². The molecule has 100 valence electrons. The van der Waals surface area contributed by atoms with Gasteiger partial charge in [0.05, 0.1) is 6.04 Å². The zero-order chi connectivity index (χ0) is 13.7. The zero-order valence-corrected chi connectivity index (χ0v) is 11.7. The second-order valence-electron chi connectivity index (χ2n) is 5.32. The molecule has 1 rings (SSSR count). The number of hydrogen-bond acceptors (Lipinski definition) is 2. The quantitative estimate of drug-likeness (QED) is 0.841. The molecule has 0 fully saturated rings. The van der Waals surface area contributed by atoms with Crippen LogP contribution in [0.4, 0.5) is 0 Å². The third-order valence-corrected chi connectivity index (χ3v) is 3.20. The van der Waals surface area contributed by atoms with Crippen LogP contribution in [0.15, 0.2) is 24.3 Å². The summed E-state index contributed by atoms with van der Waals surface area (Å²) in [4.78, 5) is 11.8. The molecule has 3 nitrogen and oxygen atoms in total. The summed E-state index contributed by atoms with van der Waals surface area (Å²) < 4.78 is 0. The Morgan fingerprint density at radius 3 is 2.56 bits per heavy atom. The summed E-state index contributed by atoms with van der Waals surface area (Å²) in [5.41, 5.74) is 8.22. The standard InChI is InChI=1S/C15H24N2O/c1-10(2)14(16)9-15(18)17-12(4)13-7-5-6-11(3)8-13/h5-8,10,12,14H,9,16H2,1-4H3,(H,17,18)/t12-,14?/m0/s1. The summed E-state index contributed by atoms with van der Waals surface area (Å²) >= 11 is 0. The molecule has 0 spiro atoms. The molecule has 3 heteroatoms. The lowest BCUT2D eigenvalue weighted by atomic mass is 10.0. The van der Waals surface area contributed by atoms with Crippen LogP contribution in [-0.4, -0.2) is 11.9 Å². The molecule has 18 heavy (non-hydrogen) atoms. The maximum Gasteiger partial charge on any atom is 0.222 e. The fourth-order valence-corrected chi connectivity index (χ4v) is 1.77. The molecular formula is C15H24N2O. The predicted octanol–water partition coefficient (Wildman–Crippen LogP) is 2.55. The smallest absolute Gasteiger partial charge is 0.222 e. The first-order chi connectivity index (χ1) is 8.40. The van der Waals surface area contributed by atoms with Crippen LogP contribution in [0, 0.1) is 12.8 Å². The van der Waals surface area contributed by atoms with Gasteiger partial charge in [0.15, 0.2) is 0 Å². The van der Waals surface area contributed by atoms with Gasteiger partial charge in [0.1, 0.15) is 0 Å². The highest BCUT2D eigenvalue weighted by Gasteiger charge is 2.15. The van der Waals surface area contributed by atoms with Gasteiger partial charge in [-0.3, -0.25) is 4.79 Å². The molecule has 2 atom stereocenters. The van der Waals surface area contributed by atoms with Crippen LogP contribution in [0.2, 0.25) is 0 Å². The van der Waals surface area contributed by atoms with E-state index in [4.69, 9.17) is 5.73 Å². The minimum absolute atomic E-state index is 0.0187. The topological polar surface area (TPSA) is 55.1 Å². The van der Waals surface area contributed by atoms with Crippen molar-refractivity contribution in [1.29, 1.82) is 0 Å². The van der Waals surface area contributed by atoms with Crippen LogP contribution in [0.5, 0.6) is 0 Å². The van der Waals surface area contributed by atoms with Crippen molar-refractivity contribution in [3.05, 3.63) is 35.4 Å². The van der Waals surface area contributed by atoms with E-state index in [1.165, 1.54) is 5.56 Å². The maximum atomic E-state index is 11.8.